The van der Waals surface area contributed by atoms with Gasteiger partial charge in [-0.3, -0.25) is 4.57 Å². The Kier molecular flexibility index (Phi) is 4.69. The van der Waals surface area contributed by atoms with Gasteiger partial charge in [-0.05, 0) is 12.1 Å². The van der Waals surface area contributed by atoms with Gasteiger partial charge in [0, 0.05) is 32.6 Å². The number of ether oxygens (including phenoxy) is 1. The molecule has 0 saturated carbocycles. The number of aromatic nitrogens is 3. The zero-order valence-electron chi connectivity index (χ0n) is 10.1. The first-order chi connectivity index (χ1) is 8.79. The minimum absolute atomic E-state index is 0.625. The van der Waals surface area contributed by atoms with Gasteiger partial charge in [-0.2, -0.15) is 0 Å². The van der Waals surface area contributed by atoms with Crippen LogP contribution in [0, 0.1) is 0 Å². The second-order valence-corrected chi connectivity index (χ2v) is 4.21. The highest BCUT2D eigenvalue weighted by molar-refractivity contribution is 6.30. The number of halogens is 1. The van der Waals surface area contributed by atoms with Crippen LogP contribution in [0.15, 0.2) is 30.9 Å². The van der Waals surface area contributed by atoms with Gasteiger partial charge in [0.2, 0.25) is 0 Å². The number of rotatable bonds is 6. The van der Waals surface area contributed by atoms with Gasteiger partial charge in [0.1, 0.15) is 12.1 Å². The van der Waals surface area contributed by atoms with E-state index in [-0.39, 0.29) is 0 Å². The van der Waals surface area contributed by atoms with Crippen LogP contribution in [0.25, 0.3) is 5.82 Å². The van der Waals surface area contributed by atoms with E-state index < -0.39 is 0 Å². The summed E-state index contributed by atoms with van der Waals surface area (Å²) < 4.78 is 6.82. The van der Waals surface area contributed by atoms with Crippen molar-refractivity contribution < 1.29 is 4.74 Å². The fourth-order valence-electron chi connectivity index (χ4n) is 1.49. The number of hydrogen-bond acceptors (Lipinski definition) is 4. The molecule has 0 amide bonds. The molecule has 96 valence electrons. The molecule has 2 aromatic rings. The zero-order chi connectivity index (χ0) is 12.8. The van der Waals surface area contributed by atoms with Gasteiger partial charge in [0.25, 0.3) is 0 Å². The van der Waals surface area contributed by atoms with E-state index in [1.54, 1.807) is 25.7 Å². The second kappa shape index (κ2) is 6.49. The molecule has 0 aromatic carbocycles. The Morgan fingerprint density at radius 1 is 1.39 bits per heavy atom. The summed E-state index contributed by atoms with van der Waals surface area (Å²) >= 11 is 5.79. The van der Waals surface area contributed by atoms with Crippen molar-refractivity contribution in [3.8, 4) is 5.82 Å². The summed E-state index contributed by atoms with van der Waals surface area (Å²) in [5.74, 6) is 0.801. The predicted molar refractivity (Wildman–Crippen MR) is 70.0 cm³/mol. The number of methoxy groups -OCH3 is 1. The van der Waals surface area contributed by atoms with Crippen LogP contribution < -0.4 is 5.32 Å². The third-order valence-corrected chi connectivity index (χ3v) is 2.63. The molecule has 2 rings (SSSR count). The van der Waals surface area contributed by atoms with Crippen molar-refractivity contribution in [1.82, 2.24) is 19.9 Å². The molecule has 2 aromatic heterocycles. The molecule has 0 atom stereocenters. The Morgan fingerprint density at radius 2 is 2.28 bits per heavy atom. The van der Waals surface area contributed by atoms with E-state index in [1.807, 2.05) is 16.8 Å². The molecule has 0 bridgehead atoms. The molecular formula is C12H15ClN4O. The maximum absolute atomic E-state index is 5.79. The number of imidazole rings is 1. The Hall–Kier alpha value is -1.43. The van der Waals surface area contributed by atoms with Crippen LogP contribution in [0.4, 0.5) is 0 Å². The Bertz CT molecular complexity index is 483. The van der Waals surface area contributed by atoms with E-state index in [9.17, 15) is 0 Å². The molecule has 0 aliphatic carbocycles. The Balaban J connectivity index is 1.95. The summed E-state index contributed by atoms with van der Waals surface area (Å²) in [6, 6.07) is 3.66. The van der Waals surface area contributed by atoms with E-state index in [0.29, 0.717) is 18.2 Å². The summed E-state index contributed by atoms with van der Waals surface area (Å²) in [5.41, 5.74) is 0.961. The van der Waals surface area contributed by atoms with Gasteiger partial charge >= 0.3 is 0 Å². The van der Waals surface area contributed by atoms with Crippen molar-refractivity contribution in [2.75, 3.05) is 20.3 Å². The lowest BCUT2D eigenvalue weighted by molar-refractivity contribution is 0.199. The lowest BCUT2D eigenvalue weighted by Crippen LogP contribution is -2.18. The van der Waals surface area contributed by atoms with Crippen LogP contribution >= 0.6 is 11.6 Å². The minimum atomic E-state index is 0.625. The molecule has 0 unspecified atom stereocenters. The molecule has 0 spiro atoms. The van der Waals surface area contributed by atoms with Crippen molar-refractivity contribution in [3.63, 3.8) is 0 Å². The Morgan fingerprint density at radius 3 is 3.00 bits per heavy atom. The monoisotopic (exact) mass is 266 g/mol. The maximum atomic E-state index is 5.79. The number of nitrogens with one attached hydrogen (secondary N) is 1. The quantitative estimate of drug-likeness (QED) is 0.808. The summed E-state index contributed by atoms with van der Waals surface area (Å²) in [6.07, 6.45) is 5.30. The molecule has 0 aliphatic rings. The highest BCUT2D eigenvalue weighted by Gasteiger charge is 2.01. The molecule has 2 heterocycles. The molecule has 0 radical (unpaired) electrons. The minimum Gasteiger partial charge on any atom is -0.383 e. The first kappa shape index (κ1) is 13.0. The van der Waals surface area contributed by atoms with Gasteiger partial charge in [0.15, 0.2) is 0 Å². The van der Waals surface area contributed by atoms with E-state index in [2.05, 4.69) is 15.3 Å². The smallest absolute Gasteiger partial charge is 0.137 e. The lowest BCUT2D eigenvalue weighted by Gasteiger charge is -2.01. The van der Waals surface area contributed by atoms with Gasteiger partial charge in [-0.15, -0.1) is 0 Å². The van der Waals surface area contributed by atoms with Crippen LogP contribution in [-0.4, -0.2) is 34.8 Å². The second-order valence-electron chi connectivity index (χ2n) is 3.78. The van der Waals surface area contributed by atoms with Gasteiger partial charge < -0.3 is 10.1 Å². The lowest BCUT2D eigenvalue weighted by atomic mass is 10.4. The van der Waals surface area contributed by atoms with Crippen molar-refractivity contribution in [2.24, 2.45) is 0 Å². The maximum Gasteiger partial charge on any atom is 0.137 e. The van der Waals surface area contributed by atoms with Crippen molar-refractivity contribution in [1.29, 1.82) is 0 Å². The van der Waals surface area contributed by atoms with Crippen molar-refractivity contribution in [3.05, 3.63) is 41.6 Å². The predicted octanol–water partition coefficient (Wildman–Crippen LogP) is 1.66. The standard InChI is InChI=1S/C12H15ClN4O/c1-18-5-4-14-7-11-8-17(9-16-11)12-3-2-10(13)6-15-12/h2-3,6,8-9,14H,4-5,7H2,1H3. The fourth-order valence-corrected chi connectivity index (χ4v) is 1.60. The van der Waals surface area contributed by atoms with Crippen molar-refractivity contribution >= 4 is 11.6 Å². The highest BCUT2D eigenvalue weighted by Crippen LogP contribution is 2.10. The average Bonchev–Trinajstić information content (AvgIpc) is 2.84. The summed E-state index contributed by atoms with van der Waals surface area (Å²) in [6.45, 7) is 2.21. The number of pyridine rings is 1. The normalized spacial score (nSPS) is 10.8. The SMILES string of the molecule is COCCNCc1cn(-c2ccc(Cl)cn2)cn1. The van der Waals surface area contributed by atoms with Gasteiger partial charge in [0.05, 0.1) is 17.3 Å². The van der Waals surface area contributed by atoms with Crippen molar-refractivity contribution in [2.45, 2.75) is 6.54 Å². The highest BCUT2D eigenvalue weighted by atomic mass is 35.5. The third-order valence-electron chi connectivity index (χ3n) is 2.40. The number of hydrogen-bond donors (Lipinski definition) is 1. The summed E-state index contributed by atoms with van der Waals surface area (Å²) in [4.78, 5) is 8.52. The van der Waals surface area contributed by atoms with E-state index in [4.69, 9.17) is 16.3 Å². The molecule has 18 heavy (non-hydrogen) atoms. The topological polar surface area (TPSA) is 52.0 Å². The first-order valence-electron chi connectivity index (χ1n) is 5.64. The third kappa shape index (κ3) is 3.53. The molecule has 5 nitrogen and oxygen atoms in total. The fraction of sp³-hybridized carbons (Fsp3) is 0.333. The average molecular weight is 267 g/mol. The molecule has 6 heteroatoms. The van der Waals surface area contributed by atoms with Gasteiger partial charge in [-0.25, -0.2) is 9.97 Å². The van der Waals surface area contributed by atoms with E-state index in [0.717, 1.165) is 18.1 Å². The zero-order valence-corrected chi connectivity index (χ0v) is 10.9. The van der Waals surface area contributed by atoms with E-state index >= 15 is 0 Å². The Labute approximate surface area is 111 Å². The van der Waals surface area contributed by atoms with Gasteiger partial charge in [-0.1, -0.05) is 11.6 Å². The van der Waals surface area contributed by atoms with E-state index in [1.165, 1.54) is 0 Å². The molecule has 0 saturated heterocycles. The summed E-state index contributed by atoms with van der Waals surface area (Å²) in [5, 5.41) is 3.86. The molecule has 0 fully saturated rings. The largest absolute Gasteiger partial charge is 0.383 e. The van der Waals surface area contributed by atoms with Crippen LogP contribution in [0.5, 0.6) is 0 Å². The van der Waals surface area contributed by atoms with Crippen LogP contribution in [0.2, 0.25) is 5.02 Å². The van der Waals surface area contributed by atoms with Crippen LogP contribution in [0.3, 0.4) is 0 Å². The van der Waals surface area contributed by atoms with Crippen LogP contribution in [-0.2, 0) is 11.3 Å². The molecular weight excluding hydrogens is 252 g/mol. The first-order valence-corrected chi connectivity index (χ1v) is 6.02. The molecule has 1 N–H and O–H groups in total. The molecule has 0 aliphatic heterocycles. The summed E-state index contributed by atoms with van der Waals surface area (Å²) in [7, 11) is 1.68. The van der Waals surface area contributed by atoms with Crippen LogP contribution in [0.1, 0.15) is 5.69 Å². The number of nitrogens with zero attached hydrogens (tertiary/aromatic N) is 3.